The first-order valence-electron chi connectivity index (χ1n) is 6.06. The molecule has 0 N–H and O–H groups in total. The third-order valence-corrected chi connectivity index (χ3v) is 3.09. The highest BCUT2D eigenvalue weighted by molar-refractivity contribution is 4.87. The maximum atomic E-state index is 2.44. The van der Waals surface area contributed by atoms with Crippen LogP contribution >= 0.6 is 0 Å². The molecule has 0 saturated carbocycles. The van der Waals surface area contributed by atoms with Gasteiger partial charge in [0.25, 0.3) is 0 Å². The lowest BCUT2D eigenvalue weighted by Crippen LogP contribution is -2.20. The average Bonchev–Trinajstić information content (AvgIpc) is 2.02. The predicted molar refractivity (Wildman–Crippen MR) is 66.4 cm³/mol. The number of hydrogen-bond donors (Lipinski definition) is 0. The normalized spacial score (nSPS) is 18.8. The van der Waals surface area contributed by atoms with Crippen molar-refractivity contribution in [2.45, 2.75) is 60.8 Å². The van der Waals surface area contributed by atoms with Crippen LogP contribution in [0.2, 0.25) is 0 Å². The second kappa shape index (κ2) is 6.27. The zero-order chi connectivity index (χ0) is 11.2. The van der Waals surface area contributed by atoms with Crippen molar-refractivity contribution < 1.29 is 0 Å². The van der Waals surface area contributed by atoms with Crippen molar-refractivity contribution in [2.24, 2.45) is 17.3 Å². The van der Waals surface area contributed by atoms with E-state index in [1.165, 1.54) is 19.3 Å². The fraction of sp³-hybridized carbons (Fsp3) is 0.857. The molecule has 0 aliphatic carbocycles. The van der Waals surface area contributed by atoms with Gasteiger partial charge >= 0.3 is 0 Å². The summed E-state index contributed by atoms with van der Waals surface area (Å²) in [7, 11) is 0. The van der Waals surface area contributed by atoms with Gasteiger partial charge in [-0.1, -0.05) is 53.2 Å². The van der Waals surface area contributed by atoms with E-state index in [1.54, 1.807) is 0 Å². The fourth-order valence-electron chi connectivity index (χ4n) is 2.53. The van der Waals surface area contributed by atoms with E-state index in [0.29, 0.717) is 5.41 Å². The van der Waals surface area contributed by atoms with Crippen molar-refractivity contribution in [1.29, 1.82) is 0 Å². The van der Waals surface area contributed by atoms with Crippen molar-refractivity contribution in [2.75, 3.05) is 0 Å². The lowest BCUT2D eigenvalue weighted by atomic mass is 9.74. The molecule has 0 aliphatic heterocycles. The highest BCUT2D eigenvalue weighted by Crippen LogP contribution is 2.36. The van der Waals surface area contributed by atoms with Crippen LogP contribution in [-0.4, -0.2) is 0 Å². The Balaban J connectivity index is 4.23. The van der Waals surface area contributed by atoms with Crippen molar-refractivity contribution in [3.05, 3.63) is 12.2 Å². The predicted octanol–water partition coefficient (Wildman–Crippen LogP) is 5.05. The monoisotopic (exact) mass is 196 g/mol. The molecule has 0 aromatic carbocycles. The molecule has 0 aliphatic rings. The van der Waals surface area contributed by atoms with E-state index in [4.69, 9.17) is 0 Å². The van der Waals surface area contributed by atoms with Crippen LogP contribution in [-0.2, 0) is 0 Å². The fourth-order valence-corrected chi connectivity index (χ4v) is 2.53. The molecule has 0 aromatic rings. The van der Waals surface area contributed by atoms with Crippen LogP contribution in [0.25, 0.3) is 0 Å². The Labute approximate surface area is 90.8 Å². The van der Waals surface area contributed by atoms with E-state index in [1.807, 2.05) is 0 Å². The highest BCUT2D eigenvalue weighted by Gasteiger charge is 2.24. The lowest BCUT2D eigenvalue weighted by molar-refractivity contribution is 0.206. The van der Waals surface area contributed by atoms with Gasteiger partial charge in [-0.3, -0.25) is 0 Å². The Morgan fingerprint density at radius 1 is 1.14 bits per heavy atom. The summed E-state index contributed by atoms with van der Waals surface area (Å²) in [5.41, 5.74) is 0.535. The van der Waals surface area contributed by atoms with Crippen LogP contribution < -0.4 is 0 Å². The summed E-state index contributed by atoms with van der Waals surface area (Å²) in [4.78, 5) is 0. The average molecular weight is 196 g/mol. The van der Waals surface area contributed by atoms with Crippen molar-refractivity contribution in [3.8, 4) is 0 Å². The maximum Gasteiger partial charge on any atom is -0.0257 e. The van der Waals surface area contributed by atoms with Gasteiger partial charge in [-0.15, -0.1) is 0 Å². The molecule has 0 bridgehead atoms. The molecule has 0 aromatic heterocycles. The summed E-state index contributed by atoms with van der Waals surface area (Å²) < 4.78 is 0. The first kappa shape index (κ1) is 13.7. The molecular formula is C14H28. The Hall–Kier alpha value is -0.260. The zero-order valence-electron chi connectivity index (χ0n) is 10.9. The summed E-state index contributed by atoms with van der Waals surface area (Å²) in [5, 5.41) is 0. The maximum absolute atomic E-state index is 2.44. The number of rotatable bonds is 6. The molecule has 0 amide bonds. The summed E-state index contributed by atoms with van der Waals surface area (Å²) in [6.07, 6.45) is 8.48. The van der Waals surface area contributed by atoms with Gasteiger partial charge in [-0.25, -0.2) is 0 Å². The Bertz CT molecular complexity index is 167. The number of allylic oxidation sites excluding steroid dienone is 2. The van der Waals surface area contributed by atoms with E-state index in [-0.39, 0.29) is 0 Å². The van der Waals surface area contributed by atoms with Gasteiger partial charge in [-0.2, -0.15) is 0 Å². The van der Waals surface area contributed by atoms with Crippen molar-refractivity contribution in [1.82, 2.24) is 0 Å². The van der Waals surface area contributed by atoms with Gasteiger partial charge in [0.05, 0.1) is 0 Å². The molecule has 84 valence electrons. The van der Waals surface area contributed by atoms with Gasteiger partial charge in [0, 0.05) is 0 Å². The van der Waals surface area contributed by atoms with Gasteiger partial charge in [-0.05, 0) is 37.0 Å². The molecule has 0 spiro atoms. The van der Waals surface area contributed by atoms with E-state index in [0.717, 1.165) is 11.8 Å². The SMILES string of the molecule is CC=CC(C)CC(C)(CC)CC(C)C. The van der Waals surface area contributed by atoms with Gasteiger partial charge in [0.2, 0.25) is 0 Å². The third-order valence-electron chi connectivity index (χ3n) is 3.09. The second-order valence-corrected chi connectivity index (χ2v) is 5.47. The van der Waals surface area contributed by atoms with Crippen LogP contribution in [0.3, 0.4) is 0 Å². The topological polar surface area (TPSA) is 0 Å². The Morgan fingerprint density at radius 2 is 1.71 bits per heavy atom. The van der Waals surface area contributed by atoms with E-state index in [9.17, 15) is 0 Å². The molecule has 0 heterocycles. The molecule has 0 radical (unpaired) electrons. The van der Waals surface area contributed by atoms with E-state index >= 15 is 0 Å². The highest BCUT2D eigenvalue weighted by atomic mass is 14.3. The summed E-state index contributed by atoms with van der Waals surface area (Å²) in [6.45, 7) is 13.9. The Morgan fingerprint density at radius 3 is 2.07 bits per heavy atom. The minimum atomic E-state index is 0.535. The van der Waals surface area contributed by atoms with Gasteiger partial charge in [0.15, 0.2) is 0 Å². The molecule has 0 nitrogen and oxygen atoms in total. The summed E-state index contributed by atoms with van der Waals surface area (Å²) in [5.74, 6) is 1.54. The van der Waals surface area contributed by atoms with Gasteiger partial charge in [0.1, 0.15) is 0 Å². The molecule has 2 atom stereocenters. The zero-order valence-corrected chi connectivity index (χ0v) is 10.9. The molecule has 0 heteroatoms. The first-order chi connectivity index (χ1) is 6.43. The first-order valence-corrected chi connectivity index (χ1v) is 6.06. The van der Waals surface area contributed by atoms with Crippen LogP contribution in [0.15, 0.2) is 12.2 Å². The minimum absolute atomic E-state index is 0.535. The molecule has 14 heavy (non-hydrogen) atoms. The lowest BCUT2D eigenvalue weighted by Gasteiger charge is -2.32. The standard InChI is InChI=1S/C14H28/c1-7-9-13(5)11-14(6,8-2)10-12(3)4/h7,9,12-13H,8,10-11H2,1-6H3. The quantitative estimate of drug-likeness (QED) is 0.521. The smallest absolute Gasteiger partial charge is 0.0257 e. The third kappa shape index (κ3) is 5.47. The van der Waals surface area contributed by atoms with Crippen molar-refractivity contribution >= 4 is 0 Å². The van der Waals surface area contributed by atoms with Crippen LogP contribution in [0.4, 0.5) is 0 Å². The molecule has 2 unspecified atom stereocenters. The van der Waals surface area contributed by atoms with Crippen LogP contribution in [0, 0.1) is 17.3 Å². The van der Waals surface area contributed by atoms with Crippen molar-refractivity contribution in [3.63, 3.8) is 0 Å². The second-order valence-electron chi connectivity index (χ2n) is 5.47. The van der Waals surface area contributed by atoms with E-state index < -0.39 is 0 Å². The van der Waals surface area contributed by atoms with E-state index in [2.05, 4.69) is 53.7 Å². The number of hydrogen-bond acceptors (Lipinski definition) is 0. The molecule has 0 saturated heterocycles. The molecule has 0 fully saturated rings. The van der Waals surface area contributed by atoms with Crippen LogP contribution in [0.1, 0.15) is 60.8 Å². The largest absolute Gasteiger partial charge is 0.0914 e. The summed E-state index contributed by atoms with van der Waals surface area (Å²) >= 11 is 0. The van der Waals surface area contributed by atoms with Crippen LogP contribution in [0.5, 0.6) is 0 Å². The summed E-state index contributed by atoms with van der Waals surface area (Å²) in [6, 6.07) is 0. The Kier molecular flexibility index (Phi) is 6.15. The van der Waals surface area contributed by atoms with Gasteiger partial charge < -0.3 is 0 Å². The molecule has 0 rings (SSSR count). The minimum Gasteiger partial charge on any atom is -0.0914 e. The molecular weight excluding hydrogens is 168 g/mol.